The molecule has 116 valence electrons. The lowest BCUT2D eigenvalue weighted by molar-refractivity contribution is -0.385. The average molecular weight is 316 g/mol. The molecule has 2 rings (SSSR count). The van der Waals surface area contributed by atoms with Crippen LogP contribution >= 0.6 is 0 Å². The number of aliphatic hydroxyl groups excluding tert-OH is 1. The first-order valence-electron chi connectivity index (χ1n) is 6.34. The molecular weight excluding hydrogens is 300 g/mol. The zero-order valence-corrected chi connectivity index (χ0v) is 12.2. The Hall–Kier alpha value is -1.55. The van der Waals surface area contributed by atoms with Crippen molar-refractivity contribution in [2.45, 2.75) is 17.9 Å². The highest BCUT2D eigenvalue weighted by molar-refractivity contribution is 7.89. The lowest BCUT2D eigenvalue weighted by atomic mass is 10.2. The Morgan fingerprint density at radius 2 is 2.24 bits per heavy atom. The summed E-state index contributed by atoms with van der Waals surface area (Å²) >= 11 is 0. The number of nitrogens with zero attached hydrogens (tertiary/aromatic N) is 2. The number of ether oxygens (including phenoxy) is 1. The van der Waals surface area contributed by atoms with Gasteiger partial charge in [-0.15, -0.1) is 0 Å². The number of hydrogen-bond acceptors (Lipinski definition) is 6. The zero-order chi connectivity index (χ0) is 15.6. The van der Waals surface area contributed by atoms with E-state index >= 15 is 0 Å². The molecule has 1 unspecified atom stereocenters. The van der Waals surface area contributed by atoms with E-state index in [9.17, 15) is 23.6 Å². The Labute approximate surface area is 122 Å². The Morgan fingerprint density at radius 1 is 1.52 bits per heavy atom. The van der Waals surface area contributed by atoms with Gasteiger partial charge in [-0.2, -0.15) is 4.31 Å². The fourth-order valence-corrected chi connectivity index (χ4v) is 4.14. The maximum atomic E-state index is 12.7. The van der Waals surface area contributed by atoms with Crippen LogP contribution in [0.5, 0.6) is 0 Å². The first-order valence-corrected chi connectivity index (χ1v) is 7.78. The van der Waals surface area contributed by atoms with Gasteiger partial charge in [0.05, 0.1) is 35.7 Å². The van der Waals surface area contributed by atoms with Crippen molar-refractivity contribution in [2.24, 2.45) is 0 Å². The smallest absolute Gasteiger partial charge is 0.273 e. The Kier molecular flexibility index (Phi) is 4.57. The highest BCUT2D eigenvalue weighted by Crippen LogP contribution is 2.28. The molecule has 0 amide bonds. The Bertz CT molecular complexity index is 645. The number of benzene rings is 1. The largest absolute Gasteiger partial charge is 0.395 e. The molecule has 8 nitrogen and oxygen atoms in total. The van der Waals surface area contributed by atoms with Gasteiger partial charge < -0.3 is 9.84 Å². The second-order valence-corrected chi connectivity index (χ2v) is 6.54. The number of sulfonamides is 1. The molecule has 1 saturated heterocycles. The van der Waals surface area contributed by atoms with Crippen LogP contribution in [0.2, 0.25) is 0 Å². The fourth-order valence-electron chi connectivity index (χ4n) is 2.31. The minimum atomic E-state index is -3.92. The summed E-state index contributed by atoms with van der Waals surface area (Å²) in [6.45, 7) is 1.47. The van der Waals surface area contributed by atoms with Crippen LogP contribution in [-0.2, 0) is 14.8 Å². The van der Waals surface area contributed by atoms with Gasteiger partial charge in [0.1, 0.15) is 0 Å². The lowest BCUT2D eigenvalue weighted by Gasteiger charge is -2.33. The van der Waals surface area contributed by atoms with E-state index < -0.39 is 21.0 Å². The topological polar surface area (TPSA) is 110 Å². The van der Waals surface area contributed by atoms with Crippen LogP contribution in [0.3, 0.4) is 0 Å². The van der Waals surface area contributed by atoms with Crippen molar-refractivity contribution >= 4 is 15.7 Å². The average Bonchev–Trinajstić information content (AvgIpc) is 2.46. The third-order valence-corrected chi connectivity index (χ3v) is 5.52. The van der Waals surface area contributed by atoms with Crippen molar-refractivity contribution in [3.63, 3.8) is 0 Å². The molecule has 0 aromatic heterocycles. The maximum Gasteiger partial charge on any atom is 0.273 e. The van der Waals surface area contributed by atoms with Crippen molar-refractivity contribution in [1.29, 1.82) is 0 Å². The second-order valence-electron chi connectivity index (χ2n) is 4.68. The first-order chi connectivity index (χ1) is 9.89. The van der Waals surface area contributed by atoms with Crippen LogP contribution in [0.4, 0.5) is 5.69 Å². The van der Waals surface area contributed by atoms with Gasteiger partial charge >= 0.3 is 0 Å². The summed E-state index contributed by atoms with van der Waals surface area (Å²) < 4.78 is 31.7. The Morgan fingerprint density at radius 3 is 2.86 bits per heavy atom. The zero-order valence-electron chi connectivity index (χ0n) is 11.4. The van der Waals surface area contributed by atoms with Crippen molar-refractivity contribution in [3.05, 3.63) is 33.9 Å². The van der Waals surface area contributed by atoms with Gasteiger partial charge in [0, 0.05) is 18.2 Å². The van der Waals surface area contributed by atoms with E-state index in [4.69, 9.17) is 4.74 Å². The highest BCUT2D eigenvalue weighted by Gasteiger charge is 2.35. The third-order valence-electron chi connectivity index (χ3n) is 3.42. The molecule has 1 heterocycles. The van der Waals surface area contributed by atoms with Gasteiger partial charge in [0.2, 0.25) is 10.0 Å². The molecule has 0 saturated carbocycles. The summed E-state index contributed by atoms with van der Waals surface area (Å²) in [5, 5.41) is 20.2. The summed E-state index contributed by atoms with van der Waals surface area (Å²) in [4.78, 5) is 10.2. The number of hydrogen-bond donors (Lipinski definition) is 1. The molecule has 0 spiro atoms. The molecule has 0 aliphatic carbocycles. The molecule has 1 atom stereocenters. The molecule has 1 aromatic rings. The van der Waals surface area contributed by atoms with E-state index in [1.54, 1.807) is 0 Å². The molecule has 1 aliphatic rings. The highest BCUT2D eigenvalue weighted by atomic mass is 32.2. The number of morpholine rings is 1. The molecule has 0 radical (unpaired) electrons. The molecule has 1 N–H and O–H groups in total. The van der Waals surface area contributed by atoms with Crippen LogP contribution in [0, 0.1) is 17.0 Å². The number of nitro groups is 1. The van der Waals surface area contributed by atoms with E-state index in [1.807, 2.05) is 0 Å². The first kappa shape index (κ1) is 15.8. The van der Waals surface area contributed by atoms with Crippen molar-refractivity contribution < 1.29 is 23.2 Å². The van der Waals surface area contributed by atoms with Gasteiger partial charge in [-0.05, 0) is 13.0 Å². The van der Waals surface area contributed by atoms with Crippen LogP contribution in [0.1, 0.15) is 5.56 Å². The number of aliphatic hydroxyl groups is 1. The minimum Gasteiger partial charge on any atom is -0.395 e. The van der Waals surface area contributed by atoms with Crippen molar-refractivity contribution in [3.8, 4) is 0 Å². The monoisotopic (exact) mass is 316 g/mol. The maximum absolute atomic E-state index is 12.7. The number of nitro benzene ring substituents is 1. The SMILES string of the molecule is Cc1c([N+](=O)[O-])cccc1S(=O)(=O)N1CCOCC1CO. The molecule has 1 fully saturated rings. The number of rotatable bonds is 4. The predicted molar refractivity (Wildman–Crippen MR) is 73.4 cm³/mol. The van der Waals surface area contributed by atoms with E-state index in [0.29, 0.717) is 0 Å². The van der Waals surface area contributed by atoms with E-state index in [2.05, 4.69) is 0 Å². The van der Waals surface area contributed by atoms with Crippen LogP contribution < -0.4 is 0 Å². The minimum absolute atomic E-state index is 0.0886. The molecule has 1 aliphatic heterocycles. The van der Waals surface area contributed by atoms with Crippen molar-refractivity contribution in [2.75, 3.05) is 26.4 Å². The molecule has 9 heteroatoms. The van der Waals surface area contributed by atoms with Crippen LogP contribution in [0.15, 0.2) is 23.1 Å². The van der Waals surface area contributed by atoms with Gasteiger partial charge in [-0.25, -0.2) is 8.42 Å². The molecule has 1 aromatic carbocycles. The quantitative estimate of drug-likeness (QED) is 0.631. The van der Waals surface area contributed by atoms with Crippen LogP contribution in [0.25, 0.3) is 0 Å². The van der Waals surface area contributed by atoms with E-state index in [-0.39, 0.29) is 42.5 Å². The normalized spacial score (nSPS) is 20.4. The molecular formula is C12H16N2O6S. The van der Waals surface area contributed by atoms with E-state index in [0.717, 1.165) is 4.31 Å². The fraction of sp³-hybridized carbons (Fsp3) is 0.500. The summed E-state index contributed by atoms with van der Waals surface area (Å²) in [7, 11) is -3.92. The summed E-state index contributed by atoms with van der Waals surface area (Å²) in [6.07, 6.45) is 0. The van der Waals surface area contributed by atoms with E-state index in [1.165, 1.54) is 25.1 Å². The molecule has 21 heavy (non-hydrogen) atoms. The lowest BCUT2D eigenvalue weighted by Crippen LogP contribution is -2.50. The summed E-state index contributed by atoms with van der Waals surface area (Å²) in [6, 6.07) is 3.26. The van der Waals surface area contributed by atoms with Gasteiger partial charge in [0.15, 0.2) is 0 Å². The predicted octanol–water partition coefficient (Wildman–Crippen LogP) is 0.285. The third kappa shape index (κ3) is 2.91. The standard InChI is InChI=1S/C12H16N2O6S/c1-9-11(14(16)17)3-2-4-12(9)21(18,19)13-5-6-20-8-10(13)7-15/h2-4,10,15H,5-8H2,1H3. The molecule has 0 bridgehead atoms. The summed E-state index contributed by atoms with van der Waals surface area (Å²) in [5.74, 6) is 0. The summed E-state index contributed by atoms with van der Waals surface area (Å²) in [5.41, 5.74) is -0.157. The van der Waals surface area contributed by atoms with Gasteiger partial charge in [-0.3, -0.25) is 10.1 Å². The Balaban J connectivity index is 2.49. The second kappa shape index (κ2) is 6.06. The van der Waals surface area contributed by atoms with Gasteiger partial charge in [0.25, 0.3) is 5.69 Å². The van der Waals surface area contributed by atoms with Crippen molar-refractivity contribution in [1.82, 2.24) is 4.31 Å². The van der Waals surface area contributed by atoms with Gasteiger partial charge in [-0.1, -0.05) is 6.07 Å². The van der Waals surface area contributed by atoms with Crippen LogP contribution in [-0.4, -0.2) is 55.2 Å².